The van der Waals surface area contributed by atoms with Crippen LogP contribution in [0.5, 0.6) is 11.5 Å². The molecule has 0 atom stereocenters. The van der Waals surface area contributed by atoms with E-state index in [0.717, 1.165) is 16.7 Å². The van der Waals surface area contributed by atoms with E-state index in [9.17, 15) is 19.7 Å². The van der Waals surface area contributed by atoms with Gasteiger partial charge in [-0.2, -0.15) is 0 Å². The molecule has 2 amide bonds. The second kappa shape index (κ2) is 10.7. The molecule has 3 aromatic carbocycles. The highest BCUT2D eigenvalue weighted by atomic mass is 32.2. The van der Waals surface area contributed by atoms with Crippen LogP contribution in [0.2, 0.25) is 0 Å². The van der Waals surface area contributed by atoms with Crippen LogP contribution in [0, 0.1) is 10.1 Å². The van der Waals surface area contributed by atoms with Gasteiger partial charge in [0.25, 0.3) is 16.8 Å². The van der Waals surface area contributed by atoms with Gasteiger partial charge in [0, 0.05) is 6.07 Å². The summed E-state index contributed by atoms with van der Waals surface area (Å²) in [4.78, 5) is 37.2. The van der Waals surface area contributed by atoms with Gasteiger partial charge in [-0.25, -0.2) is 0 Å². The third kappa shape index (κ3) is 5.62. The van der Waals surface area contributed by atoms with Crippen LogP contribution < -0.4 is 9.47 Å². The molecule has 0 aliphatic carbocycles. The third-order valence-electron chi connectivity index (χ3n) is 4.94. The quantitative estimate of drug-likeness (QED) is 0.235. The second-order valence-electron chi connectivity index (χ2n) is 7.24. The number of carbonyl (C=O) groups excluding carboxylic acids is 2. The maximum absolute atomic E-state index is 12.7. The number of nitro groups is 1. The van der Waals surface area contributed by atoms with E-state index in [4.69, 9.17) is 9.47 Å². The Bertz CT molecular complexity index is 1240. The van der Waals surface area contributed by atoms with Crippen molar-refractivity contribution in [2.45, 2.75) is 6.61 Å². The van der Waals surface area contributed by atoms with Crippen molar-refractivity contribution in [1.82, 2.24) is 4.90 Å². The number of nitro benzene ring substituents is 1. The zero-order valence-electron chi connectivity index (χ0n) is 18.0. The fraction of sp³-hybridized carbons (Fsp3) is 0.120. The highest BCUT2D eigenvalue weighted by molar-refractivity contribution is 8.18. The van der Waals surface area contributed by atoms with Gasteiger partial charge in [-0.3, -0.25) is 24.6 Å². The lowest BCUT2D eigenvalue weighted by Crippen LogP contribution is -2.32. The molecule has 8 nitrogen and oxygen atoms in total. The number of carbonyl (C=O) groups is 2. The van der Waals surface area contributed by atoms with Crippen LogP contribution >= 0.6 is 11.8 Å². The van der Waals surface area contributed by atoms with E-state index in [1.807, 2.05) is 18.2 Å². The van der Waals surface area contributed by atoms with Gasteiger partial charge in [0.2, 0.25) is 0 Å². The van der Waals surface area contributed by atoms with E-state index < -0.39 is 4.92 Å². The maximum Gasteiger partial charge on any atom is 0.293 e. The molecule has 0 unspecified atom stereocenters. The van der Waals surface area contributed by atoms with Crippen molar-refractivity contribution in [2.75, 3.05) is 13.2 Å². The number of hydrogen-bond acceptors (Lipinski definition) is 7. The molecule has 0 aromatic heterocycles. The number of benzene rings is 3. The molecule has 0 N–H and O–H groups in total. The number of thioether (sulfide) groups is 1. The van der Waals surface area contributed by atoms with Crippen molar-refractivity contribution in [3.8, 4) is 11.5 Å². The van der Waals surface area contributed by atoms with Crippen molar-refractivity contribution in [3.05, 3.63) is 105 Å². The summed E-state index contributed by atoms with van der Waals surface area (Å²) in [6, 6.07) is 22.5. The smallest absolute Gasteiger partial charge is 0.293 e. The molecule has 4 rings (SSSR count). The number of amides is 2. The van der Waals surface area contributed by atoms with E-state index in [1.165, 1.54) is 6.07 Å². The summed E-state index contributed by atoms with van der Waals surface area (Å²) in [7, 11) is 0. The molecule has 0 saturated carbocycles. The minimum atomic E-state index is -0.448. The van der Waals surface area contributed by atoms with E-state index in [0.29, 0.717) is 27.5 Å². The Morgan fingerprint density at radius 3 is 2.44 bits per heavy atom. The zero-order chi connectivity index (χ0) is 23.9. The Labute approximate surface area is 199 Å². The van der Waals surface area contributed by atoms with Crippen molar-refractivity contribution < 1.29 is 24.0 Å². The summed E-state index contributed by atoms with van der Waals surface area (Å²) >= 11 is 0.871. The van der Waals surface area contributed by atoms with Crippen molar-refractivity contribution >= 4 is 34.7 Å². The Balaban J connectivity index is 1.39. The first-order valence-corrected chi connectivity index (χ1v) is 11.2. The standard InChI is InChI=1S/C25H20N2O6S/c28-24-23(34-25(29)26(24)13-14-32-20-9-2-1-3-10-20)16-18-7-6-11-21(15-18)33-17-19-8-4-5-12-22(19)27(30)31/h1-12,15-16H,13-14,17H2/b23-16-. The number of para-hydroxylation sites is 2. The lowest BCUT2D eigenvalue weighted by molar-refractivity contribution is -0.385. The number of nitrogens with zero attached hydrogens (tertiary/aromatic N) is 2. The molecule has 1 aliphatic heterocycles. The predicted octanol–water partition coefficient (Wildman–Crippen LogP) is 5.29. The molecule has 1 fully saturated rings. The fourth-order valence-electron chi connectivity index (χ4n) is 3.28. The minimum absolute atomic E-state index is 0.0106. The average molecular weight is 477 g/mol. The van der Waals surface area contributed by atoms with Gasteiger partial charge < -0.3 is 9.47 Å². The molecule has 172 valence electrons. The topological polar surface area (TPSA) is 99.0 Å². The van der Waals surface area contributed by atoms with Gasteiger partial charge in [0.15, 0.2) is 0 Å². The first-order valence-electron chi connectivity index (χ1n) is 10.4. The Kier molecular flexibility index (Phi) is 7.24. The highest BCUT2D eigenvalue weighted by Crippen LogP contribution is 2.32. The van der Waals surface area contributed by atoms with Crippen molar-refractivity contribution in [1.29, 1.82) is 0 Å². The van der Waals surface area contributed by atoms with Crippen LogP contribution in [0.25, 0.3) is 6.08 Å². The summed E-state index contributed by atoms with van der Waals surface area (Å²) < 4.78 is 11.3. The summed E-state index contributed by atoms with van der Waals surface area (Å²) in [5.41, 5.74) is 1.12. The second-order valence-corrected chi connectivity index (χ2v) is 8.24. The molecule has 0 spiro atoms. The molecular formula is C25H20N2O6S. The van der Waals surface area contributed by atoms with Gasteiger partial charge in [-0.15, -0.1) is 0 Å². The molecule has 9 heteroatoms. The van der Waals surface area contributed by atoms with E-state index in [-0.39, 0.29) is 36.6 Å². The zero-order valence-corrected chi connectivity index (χ0v) is 18.8. The van der Waals surface area contributed by atoms with Crippen LogP contribution in [-0.4, -0.2) is 34.1 Å². The SMILES string of the molecule is O=C1S/C(=C\c2cccc(OCc3ccccc3[N+](=O)[O-])c2)C(=O)N1CCOc1ccccc1. The number of rotatable bonds is 9. The number of ether oxygens (including phenoxy) is 2. The molecule has 1 saturated heterocycles. The predicted molar refractivity (Wildman–Crippen MR) is 128 cm³/mol. The fourth-order valence-corrected chi connectivity index (χ4v) is 4.15. The van der Waals surface area contributed by atoms with Gasteiger partial charge in [0.1, 0.15) is 24.7 Å². The van der Waals surface area contributed by atoms with Crippen LogP contribution in [0.4, 0.5) is 10.5 Å². The molecule has 0 bridgehead atoms. The van der Waals surface area contributed by atoms with Crippen LogP contribution in [0.1, 0.15) is 11.1 Å². The van der Waals surface area contributed by atoms with Gasteiger partial charge in [-0.1, -0.05) is 42.5 Å². The third-order valence-corrected chi connectivity index (χ3v) is 5.85. The lowest BCUT2D eigenvalue weighted by atomic mass is 10.2. The summed E-state index contributed by atoms with van der Waals surface area (Å²) in [5, 5.41) is 10.8. The average Bonchev–Trinajstić information content (AvgIpc) is 3.11. The molecule has 0 radical (unpaired) electrons. The normalized spacial score (nSPS) is 14.5. The monoisotopic (exact) mass is 476 g/mol. The Morgan fingerprint density at radius 2 is 1.65 bits per heavy atom. The van der Waals surface area contributed by atoms with Crippen LogP contribution in [0.15, 0.2) is 83.8 Å². The first-order chi connectivity index (χ1) is 16.5. The molecule has 34 heavy (non-hydrogen) atoms. The Hall–Kier alpha value is -4.11. The number of imide groups is 1. The van der Waals surface area contributed by atoms with Crippen molar-refractivity contribution in [2.24, 2.45) is 0 Å². The van der Waals surface area contributed by atoms with Crippen molar-refractivity contribution in [3.63, 3.8) is 0 Å². The van der Waals surface area contributed by atoms with Gasteiger partial charge >= 0.3 is 0 Å². The minimum Gasteiger partial charge on any atom is -0.492 e. The van der Waals surface area contributed by atoms with Gasteiger partial charge in [-0.05, 0) is 53.7 Å². The summed E-state index contributed by atoms with van der Waals surface area (Å²) in [6.45, 7) is 0.374. The summed E-state index contributed by atoms with van der Waals surface area (Å²) in [6.07, 6.45) is 1.63. The van der Waals surface area contributed by atoms with Crippen LogP contribution in [0.3, 0.4) is 0 Å². The molecular weight excluding hydrogens is 456 g/mol. The largest absolute Gasteiger partial charge is 0.492 e. The van der Waals surface area contributed by atoms with Crippen LogP contribution in [-0.2, 0) is 11.4 Å². The lowest BCUT2D eigenvalue weighted by Gasteiger charge is -2.13. The van der Waals surface area contributed by atoms with E-state index >= 15 is 0 Å². The summed E-state index contributed by atoms with van der Waals surface area (Å²) in [5.74, 6) is 0.781. The molecule has 3 aromatic rings. The van der Waals surface area contributed by atoms with Gasteiger partial charge in [0.05, 0.1) is 21.9 Å². The van der Waals surface area contributed by atoms with E-state index in [2.05, 4.69) is 0 Å². The Morgan fingerprint density at radius 1 is 0.912 bits per heavy atom. The number of hydrogen-bond donors (Lipinski definition) is 0. The maximum atomic E-state index is 12.7. The molecule has 1 heterocycles. The molecule has 1 aliphatic rings. The highest BCUT2D eigenvalue weighted by Gasteiger charge is 2.34. The first kappa shape index (κ1) is 23.1. The van der Waals surface area contributed by atoms with E-state index in [1.54, 1.807) is 60.7 Å².